The van der Waals surface area contributed by atoms with Crippen molar-refractivity contribution < 1.29 is 22.7 Å². The van der Waals surface area contributed by atoms with Gasteiger partial charge in [0.25, 0.3) is 0 Å². The number of nitrogens with one attached hydrogen (secondary N) is 1. The maximum absolute atomic E-state index is 12.2. The molecule has 1 aromatic carbocycles. The summed E-state index contributed by atoms with van der Waals surface area (Å²) in [6.07, 6.45) is 1.02. The van der Waals surface area contributed by atoms with Gasteiger partial charge in [-0.3, -0.25) is 9.10 Å². The van der Waals surface area contributed by atoms with Crippen LogP contribution in [0.2, 0.25) is 5.02 Å². The van der Waals surface area contributed by atoms with Crippen molar-refractivity contribution in [3.8, 4) is 5.75 Å². The Morgan fingerprint density at radius 1 is 1.39 bits per heavy atom. The summed E-state index contributed by atoms with van der Waals surface area (Å²) in [6.45, 7) is 2.10. The lowest BCUT2D eigenvalue weighted by atomic mass is 10.2. The Morgan fingerprint density at radius 3 is 2.57 bits per heavy atom. The molecule has 0 saturated heterocycles. The molecule has 1 amide bonds. The van der Waals surface area contributed by atoms with Crippen LogP contribution in [0.4, 0.5) is 5.69 Å². The summed E-state index contributed by atoms with van der Waals surface area (Å²) in [4.78, 5) is 12.2. The summed E-state index contributed by atoms with van der Waals surface area (Å²) < 4.78 is 35.4. The molecule has 23 heavy (non-hydrogen) atoms. The lowest BCUT2D eigenvalue weighted by Gasteiger charge is -2.29. The van der Waals surface area contributed by atoms with Crippen LogP contribution in [0.15, 0.2) is 18.2 Å². The summed E-state index contributed by atoms with van der Waals surface area (Å²) in [5.41, 5.74) is 0.205. The van der Waals surface area contributed by atoms with Crippen LogP contribution in [0.5, 0.6) is 5.75 Å². The molecule has 0 spiro atoms. The van der Waals surface area contributed by atoms with Gasteiger partial charge in [-0.2, -0.15) is 0 Å². The number of ether oxygens (including phenoxy) is 2. The number of nitrogens with zero attached hydrogens (tertiary/aromatic N) is 1. The Morgan fingerprint density at radius 2 is 2.04 bits per heavy atom. The molecule has 0 aliphatic rings. The first-order chi connectivity index (χ1) is 10.7. The highest BCUT2D eigenvalue weighted by Gasteiger charge is 2.31. The highest BCUT2D eigenvalue weighted by Crippen LogP contribution is 2.34. The van der Waals surface area contributed by atoms with Crippen LogP contribution in [0.25, 0.3) is 0 Å². The second kappa shape index (κ2) is 8.37. The van der Waals surface area contributed by atoms with E-state index in [1.165, 1.54) is 27.2 Å². The first-order valence-electron chi connectivity index (χ1n) is 6.82. The average molecular weight is 365 g/mol. The Kier molecular flexibility index (Phi) is 7.11. The first-order valence-corrected chi connectivity index (χ1v) is 9.04. The lowest BCUT2D eigenvalue weighted by molar-refractivity contribution is -0.122. The summed E-state index contributed by atoms with van der Waals surface area (Å²) in [5, 5.41) is 2.95. The second-order valence-electron chi connectivity index (χ2n) is 4.83. The molecule has 1 rings (SSSR count). The van der Waals surface area contributed by atoms with Crippen molar-refractivity contribution in [1.82, 2.24) is 5.32 Å². The number of carbonyl (C=O) groups is 1. The smallest absolute Gasteiger partial charge is 0.243 e. The van der Waals surface area contributed by atoms with Crippen LogP contribution in [0, 0.1) is 0 Å². The number of hydrogen-bond acceptors (Lipinski definition) is 5. The van der Waals surface area contributed by atoms with Crippen LogP contribution in [0.3, 0.4) is 0 Å². The van der Waals surface area contributed by atoms with Crippen molar-refractivity contribution in [3.63, 3.8) is 0 Å². The molecule has 0 heterocycles. The Balaban J connectivity index is 3.21. The molecule has 1 atom stereocenters. The van der Waals surface area contributed by atoms with Gasteiger partial charge in [0.1, 0.15) is 11.8 Å². The van der Waals surface area contributed by atoms with Crippen LogP contribution in [-0.4, -0.2) is 54.0 Å². The van der Waals surface area contributed by atoms with Gasteiger partial charge in [-0.15, -0.1) is 0 Å². The number of rotatable bonds is 8. The van der Waals surface area contributed by atoms with Gasteiger partial charge in [0.15, 0.2) is 0 Å². The fraction of sp³-hybridized carbons (Fsp3) is 0.500. The molecule has 0 radical (unpaired) electrons. The normalized spacial score (nSPS) is 12.6. The minimum absolute atomic E-state index is 0.205. The zero-order chi connectivity index (χ0) is 17.6. The van der Waals surface area contributed by atoms with E-state index in [0.29, 0.717) is 17.4 Å². The second-order valence-corrected chi connectivity index (χ2v) is 7.13. The fourth-order valence-electron chi connectivity index (χ4n) is 2.04. The summed E-state index contributed by atoms with van der Waals surface area (Å²) in [6, 6.07) is 3.59. The Labute approximate surface area is 141 Å². The molecule has 0 unspecified atom stereocenters. The van der Waals surface area contributed by atoms with Crippen LogP contribution < -0.4 is 14.4 Å². The van der Waals surface area contributed by atoms with Gasteiger partial charge in [0.05, 0.1) is 25.7 Å². The lowest BCUT2D eigenvalue weighted by Crippen LogP contribution is -2.48. The van der Waals surface area contributed by atoms with E-state index in [1.807, 2.05) is 0 Å². The number of sulfonamides is 1. The maximum atomic E-state index is 12.2. The first kappa shape index (κ1) is 19.5. The molecule has 1 aromatic rings. The third-order valence-corrected chi connectivity index (χ3v) is 4.53. The third-order valence-electron chi connectivity index (χ3n) is 3.07. The quantitative estimate of drug-likeness (QED) is 0.702. The van der Waals surface area contributed by atoms with Gasteiger partial charge < -0.3 is 14.8 Å². The number of benzene rings is 1. The number of anilines is 1. The van der Waals surface area contributed by atoms with Crippen molar-refractivity contribution in [2.75, 3.05) is 37.9 Å². The molecule has 0 fully saturated rings. The van der Waals surface area contributed by atoms with Gasteiger partial charge in [0.2, 0.25) is 15.9 Å². The molecule has 0 aromatic heterocycles. The van der Waals surface area contributed by atoms with Crippen molar-refractivity contribution >= 4 is 33.2 Å². The number of halogens is 1. The molecule has 9 heteroatoms. The molecular formula is C14H21ClN2O5S. The van der Waals surface area contributed by atoms with E-state index in [4.69, 9.17) is 21.1 Å². The Hall–Kier alpha value is -1.51. The minimum atomic E-state index is -3.74. The van der Waals surface area contributed by atoms with Crippen molar-refractivity contribution in [2.45, 2.75) is 13.0 Å². The van der Waals surface area contributed by atoms with E-state index in [-0.39, 0.29) is 12.2 Å². The largest absolute Gasteiger partial charge is 0.495 e. The predicted octanol–water partition coefficient (Wildman–Crippen LogP) is 1.27. The average Bonchev–Trinajstić information content (AvgIpc) is 2.46. The number of amides is 1. The van der Waals surface area contributed by atoms with Gasteiger partial charge in [0, 0.05) is 18.7 Å². The molecule has 0 saturated carbocycles. The minimum Gasteiger partial charge on any atom is -0.495 e. The number of hydrogen-bond donors (Lipinski definition) is 1. The fourth-order valence-corrected chi connectivity index (χ4v) is 3.38. The summed E-state index contributed by atoms with van der Waals surface area (Å²) in [5.74, 6) is -0.147. The summed E-state index contributed by atoms with van der Waals surface area (Å²) in [7, 11) is -0.817. The molecule has 0 aliphatic heterocycles. The van der Waals surface area contributed by atoms with Gasteiger partial charge in [-0.25, -0.2) is 8.42 Å². The monoisotopic (exact) mass is 364 g/mol. The van der Waals surface area contributed by atoms with E-state index in [1.54, 1.807) is 12.1 Å². The number of methoxy groups -OCH3 is 2. The standard InChI is InChI=1S/C14H21ClN2O5S/c1-10(14(18)16-7-8-21-2)17(23(4,19)20)12-9-11(15)5-6-13(12)22-3/h5-6,9-10H,7-8H2,1-4H3,(H,16,18)/t10-/m1/s1. The maximum Gasteiger partial charge on any atom is 0.243 e. The van der Waals surface area contributed by atoms with Crippen molar-refractivity contribution in [3.05, 3.63) is 23.2 Å². The summed E-state index contributed by atoms with van der Waals surface area (Å²) >= 11 is 5.96. The van der Waals surface area contributed by atoms with E-state index < -0.39 is 22.0 Å². The Bertz CT molecular complexity index is 651. The number of carbonyl (C=O) groups excluding carboxylic acids is 1. The molecule has 0 bridgehead atoms. The van der Waals surface area contributed by atoms with Gasteiger partial charge in [-0.1, -0.05) is 11.6 Å². The zero-order valence-corrected chi connectivity index (χ0v) is 15.1. The highest BCUT2D eigenvalue weighted by atomic mass is 35.5. The highest BCUT2D eigenvalue weighted by molar-refractivity contribution is 7.92. The zero-order valence-electron chi connectivity index (χ0n) is 13.5. The van der Waals surface area contributed by atoms with Crippen LogP contribution in [-0.2, 0) is 19.6 Å². The van der Waals surface area contributed by atoms with Gasteiger partial charge in [-0.05, 0) is 25.1 Å². The SMILES string of the molecule is COCCNC(=O)[C@@H](C)N(c1cc(Cl)ccc1OC)S(C)(=O)=O. The molecule has 1 N–H and O–H groups in total. The topological polar surface area (TPSA) is 84.9 Å². The van der Waals surface area contributed by atoms with E-state index in [2.05, 4.69) is 5.32 Å². The third kappa shape index (κ3) is 5.26. The molecule has 7 nitrogen and oxygen atoms in total. The van der Waals surface area contributed by atoms with E-state index in [9.17, 15) is 13.2 Å². The van der Waals surface area contributed by atoms with E-state index in [0.717, 1.165) is 10.6 Å². The van der Waals surface area contributed by atoms with E-state index >= 15 is 0 Å². The molecule has 0 aliphatic carbocycles. The molecular weight excluding hydrogens is 344 g/mol. The van der Waals surface area contributed by atoms with Crippen LogP contribution in [0.1, 0.15) is 6.92 Å². The van der Waals surface area contributed by atoms with Crippen molar-refractivity contribution in [2.24, 2.45) is 0 Å². The predicted molar refractivity (Wildman–Crippen MR) is 89.7 cm³/mol. The van der Waals surface area contributed by atoms with Gasteiger partial charge >= 0.3 is 0 Å². The molecule has 130 valence electrons. The van der Waals surface area contributed by atoms with Crippen molar-refractivity contribution in [1.29, 1.82) is 0 Å². The van der Waals surface area contributed by atoms with Crippen LogP contribution >= 0.6 is 11.6 Å².